The van der Waals surface area contributed by atoms with Gasteiger partial charge in [-0.25, -0.2) is 0 Å². The molecule has 108 valence electrons. The van der Waals surface area contributed by atoms with Crippen molar-refractivity contribution in [3.05, 3.63) is 24.0 Å². The topological polar surface area (TPSA) is 33.2 Å². The third kappa shape index (κ3) is 2.34. The van der Waals surface area contributed by atoms with E-state index in [0.29, 0.717) is 0 Å². The number of nitrogens with zero attached hydrogens (tertiary/aromatic N) is 2. The van der Waals surface area contributed by atoms with Crippen LogP contribution >= 0.6 is 0 Å². The summed E-state index contributed by atoms with van der Waals surface area (Å²) in [7, 11) is 0. The number of carbonyl (C=O) groups excluding carboxylic acids is 1. The van der Waals surface area contributed by atoms with E-state index in [1.807, 2.05) is 17.2 Å². The van der Waals surface area contributed by atoms with Crippen LogP contribution in [0.5, 0.6) is 0 Å². The van der Waals surface area contributed by atoms with Gasteiger partial charge in [0, 0.05) is 36.8 Å². The molecule has 3 heteroatoms. The van der Waals surface area contributed by atoms with Gasteiger partial charge in [0.1, 0.15) is 0 Å². The first kappa shape index (κ1) is 13.6. The van der Waals surface area contributed by atoms with Gasteiger partial charge in [0.05, 0.1) is 5.69 Å². The van der Waals surface area contributed by atoms with Gasteiger partial charge in [-0.1, -0.05) is 39.0 Å². The van der Waals surface area contributed by atoms with Crippen LogP contribution in [0.4, 0.5) is 5.69 Å². The number of rotatable bonds is 2. The number of aromatic nitrogens is 1. The van der Waals surface area contributed by atoms with Crippen LogP contribution in [0.2, 0.25) is 0 Å². The smallest absolute Gasteiger partial charge is 0.223 e. The average Bonchev–Trinajstić information content (AvgIpc) is 2.74. The second kappa shape index (κ2) is 5.19. The Morgan fingerprint density at radius 2 is 2.15 bits per heavy atom. The van der Waals surface area contributed by atoms with Gasteiger partial charge in [-0.15, -0.1) is 0 Å². The van der Waals surface area contributed by atoms with Crippen molar-refractivity contribution in [1.82, 2.24) is 4.98 Å². The van der Waals surface area contributed by atoms with Crippen LogP contribution in [0, 0.1) is 5.92 Å². The lowest BCUT2D eigenvalue weighted by Gasteiger charge is -2.32. The van der Waals surface area contributed by atoms with Gasteiger partial charge >= 0.3 is 0 Å². The zero-order valence-electron chi connectivity index (χ0n) is 12.6. The van der Waals surface area contributed by atoms with Crippen LogP contribution in [0.3, 0.4) is 0 Å². The van der Waals surface area contributed by atoms with Crippen molar-refractivity contribution in [1.29, 1.82) is 0 Å². The van der Waals surface area contributed by atoms with Gasteiger partial charge in [0.2, 0.25) is 5.91 Å². The summed E-state index contributed by atoms with van der Waals surface area (Å²) in [5, 5.41) is 0. The van der Waals surface area contributed by atoms with Crippen molar-refractivity contribution in [3.63, 3.8) is 0 Å². The molecule has 0 saturated heterocycles. The normalized spacial score (nSPS) is 26.6. The highest BCUT2D eigenvalue weighted by atomic mass is 16.2. The van der Waals surface area contributed by atoms with E-state index in [-0.39, 0.29) is 11.3 Å². The molecule has 0 aromatic carbocycles. The molecule has 1 saturated carbocycles. The second-order valence-electron chi connectivity index (χ2n) is 6.77. The molecule has 1 aromatic heterocycles. The molecule has 2 heterocycles. The van der Waals surface area contributed by atoms with Crippen molar-refractivity contribution in [3.8, 4) is 0 Å². The van der Waals surface area contributed by atoms with E-state index in [0.717, 1.165) is 18.2 Å². The van der Waals surface area contributed by atoms with Crippen molar-refractivity contribution in [2.75, 3.05) is 11.4 Å². The van der Waals surface area contributed by atoms with Gasteiger partial charge in [0.25, 0.3) is 0 Å². The second-order valence-corrected chi connectivity index (χ2v) is 6.77. The Balaban J connectivity index is 1.87. The van der Waals surface area contributed by atoms with Crippen LogP contribution in [0.1, 0.15) is 57.9 Å². The SMILES string of the molecule is CC(=O)N1CC(C)(CC2CCCCC2)c2cnccc21. The Bertz CT molecular complexity index is 507. The fraction of sp³-hybridized carbons (Fsp3) is 0.647. The maximum atomic E-state index is 11.9. The third-order valence-electron chi connectivity index (χ3n) is 5.09. The molecule has 3 nitrogen and oxygen atoms in total. The van der Waals surface area contributed by atoms with Gasteiger partial charge in [0.15, 0.2) is 0 Å². The van der Waals surface area contributed by atoms with Gasteiger partial charge in [-0.2, -0.15) is 0 Å². The van der Waals surface area contributed by atoms with Crippen molar-refractivity contribution >= 4 is 11.6 Å². The quantitative estimate of drug-likeness (QED) is 0.823. The first-order chi connectivity index (χ1) is 9.60. The molecule has 1 atom stereocenters. The lowest BCUT2D eigenvalue weighted by Crippen LogP contribution is -2.35. The molecule has 0 radical (unpaired) electrons. The average molecular weight is 272 g/mol. The largest absolute Gasteiger partial charge is 0.311 e. The van der Waals surface area contributed by atoms with Crippen LogP contribution in [-0.4, -0.2) is 17.4 Å². The Kier molecular flexibility index (Phi) is 3.53. The van der Waals surface area contributed by atoms with Crippen LogP contribution in [0.25, 0.3) is 0 Å². The maximum Gasteiger partial charge on any atom is 0.223 e. The maximum absolute atomic E-state index is 11.9. The minimum atomic E-state index is 0.0806. The molecule has 1 aromatic rings. The predicted molar refractivity (Wildman–Crippen MR) is 80.8 cm³/mol. The van der Waals surface area contributed by atoms with E-state index in [1.165, 1.54) is 44.1 Å². The Morgan fingerprint density at radius 1 is 1.40 bits per heavy atom. The summed E-state index contributed by atoms with van der Waals surface area (Å²) >= 11 is 0. The number of anilines is 1. The summed E-state index contributed by atoms with van der Waals surface area (Å²) in [6, 6.07) is 1.99. The van der Waals surface area contributed by atoms with E-state index >= 15 is 0 Å². The monoisotopic (exact) mass is 272 g/mol. The lowest BCUT2D eigenvalue weighted by molar-refractivity contribution is -0.116. The summed E-state index contributed by atoms with van der Waals surface area (Å²) in [5.74, 6) is 0.957. The first-order valence-corrected chi connectivity index (χ1v) is 7.83. The summed E-state index contributed by atoms with van der Waals surface area (Å²) in [6.45, 7) is 4.79. The number of fused-ring (bicyclic) bond motifs is 1. The molecule has 0 N–H and O–H groups in total. The van der Waals surface area contributed by atoms with E-state index < -0.39 is 0 Å². The minimum Gasteiger partial charge on any atom is -0.311 e. The first-order valence-electron chi connectivity index (χ1n) is 7.83. The minimum absolute atomic E-state index is 0.0806. The zero-order valence-corrected chi connectivity index (χ0v) is 12.6. The van der Waals surface area contributed by atoms with Gasteiger partial charge in [-0.05, 0) is 18.4 Å². The molecule has 20 heavy (non-hydrogen) atoms. The number of hydrogen-bond acceptors (Lipinski definition) is 2. The van der Waals surface area contributed by atoms with Crippen LogP contribution in [0.15, 0.2) is 18.5 Å². The summed E-state index contributed by atoms with van der Waals surface area (Å²) < 4.78 is 0. The molecule has 1 aliphatic carbocycles. The number of pyridine rings is 1. The Hall–Kier alpha value is -1.38. The molecule has 1 aliphatic heterocycles. The fourth-order valence-electron chi connectivity index (χ4n) is 4.09. The number of amides is 1. The molecule has 0 bridgehead atoms. The van der Waals surface area contributed by atoms with Crippen LogP contribution in [-0.2, 0) is 10.2 Å². The highest BCUT2D eigenvalue weighted by molar-refractivity contribution is 5.94. The Labute approximate surface area is 121 Å². The van der Waals surface area contributed by atoms with Gasteiger partial charge < -0.3 is 4.90 Å². The predicted octanol–water partition coefficient (Wildman–Crippen LogP) is 3.68. The van der Waals surface area contributed by atoms with E-state index in [1.54, 1.807) is 13.1 Å². The van der Waals surface area contributed by atoms with E-state index in [4.69, 9.17) is 0 Å². The summed E-state index contributed by atoms with van der Waals surface area (Å²) in [6.07, 6.45) is 11.8. The highest BCUT2D eigenvalue weighted by Crippen LogP contribution is 2.45. The molecule has 3 rings (SSSR count). The molecule has 0 spiro atoms. The van der Waals surface area contributed by atoms with Gasteiger partial charge in [-0.3, -0.25) is 9.78 Å². The molecule has 2 aliphatic rings. The number of hydrogen-bond donors (Lipinski definition) is 0. The van der Waals surface area contributed by atoms with E-state index in [9.17, 15) is 4.79 Å². The molecule has 1 amide bonds. The summed E-state index contributed by atoms with van der Waals surface area (Å²) in [5.41, 5.74) is 2.42. The molecular weight excluding hydrogens is 248 g/mol. The van der Waals surface area contributed by atoms with Crippen LogP contribution < -0.4 is 4.90 Å². The molecule has 1 fully saturated rings. The third-order valence-corrected chi connectivity index (χ3v) is 5.09. The van der Waals surface area contributed by atoms with E-state index in [2.05, 4.69) is 11.9 Å². The van der Waals surface area contributed by atoms with Crippen molar-refractivity contribution in [2.45, 2.75) is 57.8 Å². The highest BCUT2D eigenvalue weighted by Gasteiger charge is 2.41. The standard InChI is InChI=1S/C17H24N2O/c1-13(20)19-12-17(2,10-14-6-4-3-5-7-14)15-11-18-9-8-16(15)19/h8-9,11,14H,3-7,10,12H2,1-2H3. The molecular formula is C17H24N2O. The van der Waals surface area contributed by atoms with Crippen molar-refractivity contribution in [2.24, 2.45) is 5.92 Å². The summed E-state index contributed by atoms with van der Waals surface area (Å²) in [4.78, 5) is 18.1. The fourth-order valence-corrected chi connectivity index (χ4v) is 4.09. The zero-order chi connectivity index (χ0) is 14.2. The number of carbonyl (C=O) groups is 1. The lowest BCUT2D eigenvalue weighted by atomic mass is 9.73. The Morgan fingerprint density at radius 3 is 2.85 bits per heavy atom. The van der Waals surface area contributed by atoms with Crippen molar-refractivity contribution < 1.29 is 4.79 Å². The molecule has 1 unspecified atom stereocenters.